The Kier molecular flexibility index (Phi) is 17.2. The van der Waals surface area contributed by atoms with Gasteiger partial charge >= 0.3 is 0 Å². The average Bonchev–Trinajstić information content (AvgIpc) is 1.62. The number of halogens is 4. The molecule has 23 heteroatoms. The Hall–Kier alpha value is -10.4. The number of aromatic nitrogens is 11. The van der Waals surface area contributed by atoms with Crippen LogP contribution in [-0.2, 0) is 19.3 Å². The first-order valence-electron chi connectivity index (χ1n) is 30.9. The Morgan fingerprint density at radius 1 is 0.489 bits per heavy atom. The highest BCUT2D eigenvalue weighted by Gasteiger charge is 2.52. The van der Waals surface area contributed by atoms with Crippen molar-refractivity contribution in [1.29, 1.82) is 10.5 Å². The number of aryl methyl sites for hydroxylation is 1. The summed E-state index contributed by atoms with van der Waals surface area (Å²) in [6.07, 6.45) is 21.8. The Morgan fingerprint density at radius 3 is 1.36 bits per heavy atom. The van der Waals surface area contributed by atoms with Gasteiger partial charge in [-0.1, -0.05) is 24.3 Å². The number of para-hydroxylation sites is 2. The summed E-state index contributed by atoms with van der Waals surface area (Å²) in [5.41, 5.74) is 6.77. The van der Waals surface area contributed by atoms with Crippen LogP contribution in [0.3, 0.4) is 0 Å². The van der Waals surface area contributed by atoms with Crippen LogP contribution in [0.5, 0.6) is 0 Å². The van der Waals surface area contributed by atoms with Crippen molar-refractivity contribution >= 4 is 17.7 Å². The number of nitriles is 2. The number of carbonyl (C=O) groups excluding carboxylic acids is 3. The van der Waals surface area contributed by atoms with Crippen molar-refractivity contribution < 1.29 is 31.9 Å². The number of fused-ring (bicyclic) bond motifs is 6. The van der Waals surface area contributed by atoms with E-state index in [1.54, 1.807) is 66.0 Å². The number of nitrogens with zero attached hydrogens (tertiary/aromatic N) is 16. The molecule has 0 N–H and O–H groups in total. The molecule has 6 bridgehead atoms. The van der Waals surface area contributed by atoms with E-state index in [-0.39, 0.29) is 93.7 Å². The highest BCUT2D eigenvalue weighted by molar-refractivity contribution is 6.01. The Labute approximate surface area is 527 Å². The zero-order valence-electron chi connectivity index (χ0n) is 50.1. The summed E-state index contributed by atoms with van der Waals surface area (Å²) in [5.74, 6) is -0.332. The largest absolute Gasteiger partial charge is 0.332 e. The predicted molar refractivity (Wildman–Crippen MR) is 326 cm³/mol. The fourth-order valence-electron chi connectivity index (χ4n) is 15.1. The minimum atomic E-state index is -2.54. The van der Waals surface area contributed by atoms with Crippen molar-refractivity contribution in [3.8, 4) is 34.9 Å². The summed E-state index contributed by atoms with van der Waals surface area (Å²) in [6.45, 7) is 1.98. The Morgan fingerprint density at radius 2 is 0.913 bits per heavy atom. The van der Waals surface area contributed by atoms with Crippen LogP contribution in [0.2, 0.25) is 0 Å². The third kappa shape index (κ3) is 12.0. The van der Waals surface area contributed by atoms with Crippen LogP contribution >= 0.6 is 0 Å². The van der Waals surface area contributed by atoms with Gasteiger partial charge in [-0.25, -0.2) is 27.5 Å². The molecule has 0 aliphatic carbocycles. The smallest absolute Gasteiger partial charge is 0.265 e. The van der Waals surface area contributed by atoms with Crippen molar-refractivity contribution in [2.45, 2.75) is 127 Å². The lowest BCUT2D eigenvalue weighted by atomic mass is 9.86. The van der Waals surface area contributed by atoms with Crippen molar-refractivity contribution in [1.82, 2.24) is 69.6 Å². The number of alkyl halides is 2. The Balaban J connectivity index is 0.000000126. The molecule has 9 unspecified atom stereocenters. The number of hydrogen-bond acceptors (Lipinski definition) is 14. The number of pyridine rings is 3. The Bertz CT molecular complexity index is 4040. The lowest BCUT2D eigenvalue weighted by molar-refractivity contribution is 0.0710. The van der Waals surface area contributed by atoms with Crippen molar-refractivity contribution in [3.05, 3.63) is 220 Å². The third-order valence-corrected chi connectivity index (χ3v) is 19.1. The molecule has 6 aliphatic rings. The lowest BCUT2D eigenvalue weighted by Gasteiger charge is -2.25. The van der Waals surface area contributed by atoms with Gasteiger partial charge in [0.2, 0.25) is 0 Å². The summed E-state index contributed by atoms with van der Waals surface area (Å²) in [4.78, 5) is 70.6. The highest BCUT2D eigenvalue weighted by atomic mass is 19.3. The molecule has 0 saturated carbocycles. The lowest BCUT2D eigenvalue weighted by Crippen LogP contribution is -2.37. The number of benzene rings is 3. The van der Waals surface area contributed by atoms with Crippen molar-refractivity contribution in [2.75, 3.05) is 0 Å². The first kappa shape index (κ1) is 60.5. The summed E-state index contributed by atoms with van der Waals surface area (Å²) in [6, 6.07) is 31.8. The quantitative estimate of drug-likeness (QED) is 0.0977. The molecular weight excluding hydrogens is 1180 g/mol. The van der Waals surface area contributed by atoms with Crippen molar-refractivity contribution in [3.63, 3.8) is 0 Å². The molecular formula is C69H62F4N16O3. The van der Waals surface area contributed by atoms with E-state index in [9.17, 15) is 31.9 Å². The molecule has 15 rings (SSSR count). The van der Waals surface area contributed by atoms with Gasteiger partial charge in [-0.15, -0.1) is 4.80 Å². The predicted octanol–water partition coefficient (Wildman–Crippen LogP) is 10.8. The summed E-state index contributed by atoms with van der Waals surface area (Å²) in [7, 11) is 0. The van der Waals surface area contributed by atoms with Crippen LogP contribution in [-0.4, -0.2) is 124 Å². The summed E-state index contributed by atoms with van der Waals surface area (Å²) < 4.78 is 54.9. The van der Waals surface area contributed by atoms with Crippen LogP contribution in [0.25, 0.3) is 22.8 Å². The minimum Gasteiger partial charge on any atom is -0.332 e. The van der Waals surface area contributed by atoms with Crippen LogP contribution < -0.4 is 0 Å². The monoisotopic (exact) mass is 1240 g/mol. The van der Waals surface area contributed by atoms with E-state index in [0.29, 0.717) is 34.9 Å². The molecule has 92 heavy (non-hydrogen) atoms. The molecule has 464 valence electrons. The van der Waals surface area contributed by atoms with Gasteiger partial charge in [0.25, 0.3) is 24.1 Å². The zero-order valence-corrected chi connectivity index (χ0v) is 50.1. The van der Waals surface area contributed by atoms with Gasteiger partial charge in [-0.2, -0.15) is 35.7 Å². The van der Waals surface area contributed by atoms with Crippen LogP contribution in [0.15, 0.2) is 153 Å². The van der Waals surface area contributed by atoms with Gasteiger partial charge in [0, 0.05) is 89.9 Å². The highest BCUT2D eigenvalue weighted by Crippen LogP contribution is 2.47. The van der Waals surface area contributed by atoms with E-state index in [0.717, 1.165) is 99.0 Å². The first-order valence-corrected chi connectivity index (χ1v) is 30.9. The second-order valence-electron chi connectivity index (χ2n) is 24.3. The molecule has 19 nitrogen and oxygen atoms in total. The number of carbonyl (C=O) groups is 3. The molecule has 6 fully saturated rings. The number of amides is 3. The van der Waals surface area contributed by atoms with E-state index < -0.39 is 18.1 Å². The van der Waals surface area contributed by atoms with E-state index >= 15 is 0 Å². The van der Waals surface area contributed by atoms with Gasteiger partial charge in [-0.3, -0.25) is 29.3 Å². The van der Waals surface area contributed by atoms with E-state index in [2.05, 4.69) is 62.4 Å². The molecule has 9 aromatic rings. The maximum absolute atomic E-state index is 14.7. The molecule has 6 aromatic heterocycles. The molecule has 3 aromatic carbocycles. The fourth-order valence-corrected chi connectivity index (χ4v) is 15.1. The van der Waals surface area contributed by atoms with Gasteiger partial charge in [0.05, 0.1) is 58.2 Å². The topological polar surface area (TPSA) is 234 Å². The second kappa shape index (κ2) is 26.2. The van der Waals surface area contributed by atoms with Crippen LogP contribution in [0.1, 0.15) is 135 Å². The number of rotatable bonds is 13. The number of hydrogen-bond donors (Lipinski definition) is 0. The van der Waals surface area contributed by atoms with E-state index in [1.165, 1.54) is 60.0 Å². The molecule has 9 atom stereocenters. The zero-order chi connectivity index (χ0) is 63.6. The molecule has 6 aliphatic heterocycles. The van der Waals surface area contributed by atoms with Gasteiger partial charge in [-0.05, 0) is 180 Å². The summed E-state index contributed by atoms with van der Waals surface area (Å²) in [5, 5.41) is 34.5. The van der Waals surface area contributed by atoms with Gasteiger partial charge in [0.1, 0.15) is 29.3 Å². The minimum absolute atomic E-state index is 0.0110. The average molecular weight is 1240 g/mol. The first-order chi connectivity index (χ1) is 44.8. The molecule has 0 spiro atoms. The SMILES string of the molecule is Cc1cccc(C(=O)N2C3CCC2C(Cc2ccc(C#N)cn2)C3)c1-n1nccn1.N#Cc1ccc(CC2CC3CCC2N3C(=O)c2cccc(F)c2-n2nccn2)nc1.O=C(c1cccc(F)c1-c1ncccn1)N1C2CCC1C(Cc1ccc(C(F)F)cn1)C2. The van der Waals surface area contributed by atoms with E-state index in [4.69, 9.17) is 10.5 Å². The molecule has 0 radical (unpaired) electrons. The third-order valence-electron chi connectivity index (χ3n) is 19.1. The van der Waals surface area contributed by atoms with Crippen LogP contribution in [0.4, 0.5) is 17.6 Å². The van der Waals surface area contributed by atoms with Gasteiger partial charge in [0.15, 0.2) is 11.6 Å². The fraction of sp³-hybridized carbons (Fsp3) is 0.333. The summed E-state index contributed by atoms with van der Waals surface area (Å²) >= 11 is 0. The van der Waals surface area contributed by atoms with Crippen molar-refractivity contribution in [2.24, 2.45) is 17.8 Å². The second-order valence-corrected chi connectivity index (χ2v) is 24.3. The molecule has 6 saturated heterocycles. The maximum atomic E-state index is 14.7. The molecule has 3 amide bonds. The standard InChI is InChI=1S/C24H21F3N4O.C23H22N6O.C22H19FN6O/c25-19-4-1-3-18(21(19)23-28-9-2-10-29-23)24(32)31-17-7-8-20(31)15(12-17)11-16-6-5-14(13-30-16)22(26)27;1-15-3-2-4-20(22(15)29-26-9-10-27-29)23(30)28-19-7-8-21(28)17(12-19)11-18-6-5-16(13-24)14-25-18;23-19-3-1-2-18(21(19)29-26-8-9-27-29)22(30)28-17-6-7-20(28)15(11-17)10-16-5-4-14(12-24)13-25-16/h1-6,9-10,13,15,17,20,22H,7-8,11-12H2;2-6,9-10,14,17,19,21H,7-8,11-12H2,1H3;1-5,8-9,13,15,17,20H,6-7,10-11H2. The normalized spacial score (nSPS) is 22.2. The molecule has 12 heterocycles. The van der Waals surface area contributed by atoms with Gasteiger partial charge < -0.3 is 14.7 Å². The van der Waals surface area contributed by atoms with E-state index in [1.807, 2.05) is 53.1 Å². The van der Waals surface area contributed by atoms with Crippen LogP contribution in [0, 0.1) is 59.0 Å². The maximum Gasteiger partial charge on any atom is 0.265 e.